The molecule has 4 N–H and O–H groups in total. The molecule has 0 bridgehead atoms. The topological polar surface area (TPSA) is 78.6 Å². The maximum atomic E-state index is 11.1. The zero-order valence-electron chi connectivity index (χ0n) is 11.8. The lowest BCUT2D eigenvalue weighted by atomic mass is 10.1. The van der Waals surface area contributed by atoms with E-state index in [0.717, 1.165) is 5.56 Å². The third kappa shape index (κ3) is 5.83. The Kier molecular flexibility index (Phi) is 5.47. The van der Waals surface area contributed by atoms with E-state index < -0.39 is 11.5 Å². The number of carbonyl (C=O) groups excluding carboxylic acids is 1. The molecule has 1 atom stereocenters. The minimum Gasteiger partial charge on any atom is -0.388 e. The van der Waals surface area contributed by atoms with Gasteiger partial charge in [0.05, 0.1) is 5.60 Å². The van der Waals surface area contributed by atoms with Crippen molar-refractivity contribution in [3.05, 3.63) is 35.4 Å². The summed E-state index contributed by atoms with van der Waals surface area (Å²) in [6.45, 7) is 3.44. The molecule has 5 heteroatoms. The number of nitrogens with two attached hydrogens (primary N) is 1. The molecule has 0 aliphatic rings. The first-order valence-electron chi connectivity index (χ1n) is 6.27. The maximum absolute atomic E-state index is 11.1. The van der Waals surface area contributed by atoms with Gasteiger partial charge in [-0.2, -0.15) is 0 Å². The van der Waals surface area contributed by atoms with Crippen LogP contribution in [0.1, 0.15) is 22.8 Å². The van der Waals surface area contributed by atoms with Gasteiger partial charge in [-0.25, -0.2) is 0 Å². The van der Waals surface area contributed by atoms with E-state index in [9.17, 15) is 9.90 Å². The van der Waals surface area contributed by atoms with Crippen LogP contribution in [-0.2, 0) is 6.54 Å². The highest BCUT2D eigenvalue weighted by Gasteiger charge is 2.20. The van der Waals surface area contributed by atoms with Gasteiger partial charge in [0.1, 0.15) is 0 Å². The SMILES string of the molecule is CN(C)CC(C)(O)CNCc1cccc(C(N)=O)c1. The molecule has 1 rings (SSSR count). The molecule has 106 valence electrons. The van der Waals surface area contributed by atoms with Crippen LogP contribution in [0.25, 0.3) is 0 Å². The normalized spacial score (nSPS) is 14.4. The molecule has 19 heavy (non-hydrogen) atoms. The summed E-state index contributed by atoms with van der Waals surface area (Å²) in [7, 11) is 3.84. The molecule has 5 nitrogen and oxygen atoms in total. The number of nitrogens with one attached hydrogen (secondary N) is 1. The smallest absolute Gasteiger partial charge is 0.248 e. The van der Waals surface area contributed by atoms with Crippen LogP contribution >= 0.6 is 0 Å². The molecule has 0 saturated carbocycles. The Morgan fingerprint density at radius 1 is 1.47 bits per heavy atom. The maximum Gasteiger partial charge on any atom is 0.248 e. The number of rotatable bonds is 7. The van der Waals surface area contributed by atoms with Crippen molar-refractivity contribution in [3.8, 4) is 0 Å². The first kappa shape index (κ1) is 15.6. The van der Waals surface area contributed by atoms with Crippen molar-refractivity contribution in [3.63, 3.8) is 0 Å². The number of likely N-dealkylation sites (N-methyl/N-ethyl adjacent to an activating group) is 1. The van der Waals surface area contributed by atoms with Crippen molar-refractivity contribution in [2.75, 3.05) is 27.2 Å². The quantitative estimate of drug-likeness (QED) is 0.657. The second kappa shape index (κ2) is 6.65. The van der Waals surface area contributed by atoms with Gasteiger partial charge < -0.3 is 21.1 Å². The van der Waals surface area contributed by atoms with Gasteiger partial charge in [0.25, 0.3) is 0 Å². The van der Waals surface area contributed by atoms with E-state index in [4.69, 9.17) is 5.73 Å². The summed E-state index contributed by atoms with van der Waals surface area (Å²) >= 11 is 0. The van der Waals surface area contributed by atoms with Crippen LogP contribution in [-0.4, -0.2) is 48.7 Å². The lowest BCUT2D eigenvalue weighted by molar-refractivity contribution is 0.0336. The molecule has 0 aromatic heterocycles. The summed E-state index contributed by atoms with van der Waals surface area (Å²) < 4.78 is 0. The number of benzene rings is 1. The standard InChI is InChI=1S/C14H23N3O2/c1-14(19,10-17(2)3)9-16-8-11-5-4-6-12(7-11)13(15)18/h4-7,16,19H,8-10H2,1-3H3,(H2,15,18). The number of carbonyl (C=O) groups is 1. The van der Waals surface area contributed by atoms with Crippen LogP contribution in [0.15, 0.2) is 24.3 Å². The number of nitrogens with zero attached hydrogens (tertiary/aromatic N) is 1. The number of hydrogen-bond donors (Lipinski definition) is 3. The molecule has 1 aromatic rings. The zero-order chi connectivity index (χ0) is 14.5. The monoisotopic (exact) mass is 265 g/mol. The predicted molar refractivity (Wildman–Crippen MR) is 75.8 cm³/mol. The van der Waals surface area contributed by atoms with Gasteiger partial charge in [-0.05, 0) is 38.7 Å². The van der Waals surface area contributed by atoms with E-state index in [1.165, 1.54) is 0 Å². The minimum atomic E-state index is -0.787. The molecule has 0 spiro atoms. The van der Waals surface area contributed by atoms with Gasteiger partial charge in [-0.1, -0.05) is 12.1 Å². The van der Waals surface area contributed by atoms with Crippen LogP contribution in [0.2, 0.25) is 0 Å². The number of primary amides is 1. The molecule has 1 unspecified atom stereocenters. The number of amides is 1. The summed E-state index contributed by atoms with van der Waals surface area (Å²) in [5, 5.41) is 13.3. The van der Waals surface area contributed by atoms with Crippen molar-refractivity contribution in [1.82, 2.24) is 10.2 Å². The second-order valence-electron chi connectivity index (χ2n) is 5.40. The van der Waals surface area contributed by atoms with Crippen molar-refractivity contribution < 1.29 is 9.90 Å². The Hall–Kier alpha value is -1.43. The summed E-state index contributed by atoms with van der Waals surface area (Å²) in [4.78, 5) is 13.0. The van der Waals surface area contributed by atoms with E-state index >= 15 is 0 Å². The van der Waals surface area contributed by atoms with E-state index in [1.807, 2.05) is 25.1 Å². The van der Waals surface area contributed by atoms with E-state index in [-0.39, 0.29) is 0 Å². The molecule has 0 radical (unpaired) electrons. The van der Waals surface area contributed by atoms with E-state index in [1.54, 1.807) is 25.1 Å². The van der Waals surface area contributed by atoms with Gasteiger partial charge in [-0.15, -0.1) is 0 Å². The Labute approximate surface area is 114 Å². The highest BCUT2D eigenvalue weighted by molar-refractivity contribution is 5.92. The molecular formula is C14H23N3O2. The Morgan fingerprint density at radius 2 is 2.16 bits per heavy atom. The lowest BCUT2D eigenvalue weighted by Crippen LogP contribution is -2.45. The minimum absolute atomic E-state index is 0.429. The lowest BCUT2D eigenvalue weighted by Gasteiger charge is -2.27. The molecule has 0 aliphatic heterocycles. The third-order valence-electron chi connectivity index (χ3n) is 2.70. The zero-order valence-corrected chi connectivity index (χ0v) is 11.8. The highest BCUT2D eigenvalue weighted by atomic mass is 16.3. The fraction of sp³-hybridized carbons (Fsp3) is 0.500. The van der Waals surface area contributed by atoms with Gasteiger partial charge in [0.2, 0.25) is 5.91 Å². The van der Waals surface area contributed by atoms with Gasteiger partial charge in [0.15, 0.2) is 0 Å². The Morgan fingerprint density at radius 3 is 2.74 bits per heavy atom. The van der Waals surface area contributed by atoms with Gasteiger partial charge in [-0.3, -0.25) is 4.79 Å². The molecule has 1 aromatic carbocycles. The number of hydrogen-bond acceptors (Lipinski definition) is 4. The molecular weight excluding hydrogens is 242 g/mol. The third-order valence-corrected chi connectivity index (χ3v) is 2.70. The summed E-state index contributed by atoms with van der Waals surface area (Å²) in [6, 6.07) is 7.17. The van der Waals surface area contributed by atoms with Crippen molar-refractivity contribution in [2.45, 2.75) is 19.1 Å². The van der Waals surface area contributed by atoms with Crippen LogP contribution in [0.5, 0.6) is 0 Å². The van der Waals surface area contributed by atoms with Crippen molar-refractivity contribution in [1.29, 1.82) is 0 Å². The first-order chi connectivity index (χ1) is 8.80. The average Bonchev–Trinajstić information content (AvgIpc) is 2.27. The largest absolute Gasteiger partial charge is 0.388 e. The summed E-state index contributed by atoms with van der Waals surface area (Å²) in [5.41, 5.74) is 5.91. The fourth-order valence-electron chi connectivity index (χ4n) is 2.05. The highest BCUT2D eigenvalue weighted by Crippen LogP contribution is 2.06. The fourth-order valence-corrected chi connectivity index (χ4v) is 2.05. The van der Waals surface area contributed by atoms with Gasteiger partial charge in [0, 0.05) is 25.2 Å². The Bertz CT molecular complexity index is 430. The summed E-state index contributed by atoms with van der Waals surface area (Å²) in [6.07, 6.45) is 0. The van der Waals surface area contributed by atoms with Gasteiger partial charge >= 0.3 is 0 Å². The Balaban J connectivity index is 2.49. The van der Waals surface area contributed by atoms with E-state index in [0.29, 0.717) is 25.2 Å². The van der Waals surface area contributed by atoms with Crippen molar-refractivity contribution >= 4 is 5.91 Å². The number of aliphatic hydroxyl groups is 1. The van der Waals surface area contributed by atoms with Crippen LogP contribution in [0.4, 0.5) is 0 Å². The average molecular weight is 265 g/mol. The molecule has 0 aliphatic carbocycles. The predicted octanol–water partition coefficient (Wildman–Crippen LogP) is 0.188. The molecule has 1 amide bonds. The summed E-state index contributed by atoms with van der Waals surface area (Å²) in [5.74, 6) is -0.429. The first-order valence-corrected chi connectivity index (χ1v) is 6.27. The molecule has 0 heterocycles. The molecule has 0 saturated heterocycles. The van der Waals surface area contributed by atoms with E-state index in [2.05, 4.69) is 5.32 Å². The van der Waals surface area contributed by atoms with Crippen LogP contribution < -0.4 is 11.1 Å². The van der Waals surface area contributed by atoms with Crippen LogP contribution in [0.3, 0.4) is 0 Å². The van der Waals surface area contributed by atoms with Crippen LogP contribution in [0, 0.1) is 0 Å². The molecule has 0 fully saturated rings. The second-order valence-corrected chi connectivity index (χ2v) is 5.40. The van der Waals surface area contributed by atoms with Crippen molar-refractivity contribution in [2.24, 2.45) is 5.73 Å².